The third-order valence-electron chi connectivity index (χ3n) is 5.74. The van der Waals surface area contributed by atoms with Crippen molar-refractivity contribution in [2.75, 3.05) is 5.32 Å². The lowest BCUT2D eigenvalue weighted by Gasteiger charge is -2.10. The van der Waals surface area contributed by atoms with Crippen molar-refractivity contribution in [3.8, 4) is 22.6 Å². The number of hydrogen-bond donors (Lipinski definition) is 3. The van der Waals surface area contributed by atoms with Crippen LogP contribution in [-0.2, 0) is 0 Å². The summed E-state index contributed by atoms with van der Waals surface area (Å²) >= 11 is 0. The van der Waals surface area contributed by atoms with Crippen LogP contribution in [0.4, 0.5) is 5.69 Å². The van der Waals surface area contributed by atoms with E-state index in [9.17, 15) is 0 Å². The highest BCUT2D eigenvalue weighted by atomic mass is 15.1. The van der Waals surface area contributed by atoms with E-state index in [4.69, 9.17) is 0 Å². The van der Waals surface area contributed by atoms with Gasteiger partial charge in [0.15, 0.2) is 0 Å². The number of hydrogen-bond acceptors (Lipinski definition) is 5. The van der Waals surface area contributed by atoms with Crippen molar-refractivity contribution in [1.29, 1.82) is 0 Å². The number of anilines is 1. The molecule has 0 atom stereocenters. The first-order valence-electron chi connectivity index (χ1n) is 11.6. The summed E-state index contributed by atoms with van der Waals surface area (Å²) in [5.74, 6) is 0. The predicted molar refractivity (Wildman–Crippen MR) is 143 cm³/mol. The van der Waals surface area contributed by atoms with E-state index in [0.717, 1.165) is 60.9 Å². The third kappa shape index (κ3) is 4.48. The van der Waals surface area contributed by atoms with Crippen LogP contribution in [0.2, 0.25) is 0 Å². The molecule has 3 N–H and O–H groups in total. The lowest BCUT2D eigenvalue weighted by atomic mass is 10.1. The van der Waals surface area contributed by atoms with Crippen LogP contribution in [-0.4, -0.2) is 36.2 Å². The first-order valence-corrected chi connectivity index (χ1v) is 11.6. The molecule has 0 radical (unpaired) electrons. The Morgan fingerprint density at radius 3 is 2.71 bits per heavy atom. The van der Waals surface area contributed by atoms with Crippen LogP contribution < -0.4 is 15.9 Å². The van der Waals surface area contributed by atoms with Crippen LogP contribution in [0.25, 0.3) is 51.3 Å². The summed E-state index contributed by atoms with van der Waals surface area (Å²) in [7, 11) is 0. The Balaban J connectivity index is 1.61. The molecule has 0 aliphatic heterocycles. The van der Waals surface area contributed by atoms with Gasteiger partial charge >= 0.3 is 0 Å². The van der Waals surface area contributed by atoms with Gasteiger partial charge in [-0.2, -0.15) is 5.10 Å². The minimum atomic E-state index is 0.319. The molecule has 0 saturated heterocycles. The molecule has 0 amide bonds. The topological polar surface area (TPSA) is 95.2 Å². The number of pyridine rings is 3. The van der Waals surface area contributed by atoms with E-state index >= 15 is 0 Å². The van der Waals surface area contributed by atoms with Crippen LogP contribution in [0, 0.1) is 0 Å². The lowest BCUT2D eigenvalue weighted by molar-refractivity contribution is 0.897. The zero-order valence-corrected chi connectivity index (χ0v) is 20.0. The molecule has 0 aliphatic carbocycles. The highest BCUT2D eigenvalue weighted by Crippen LogP contribution is 2.29. The second kappa shape index (κ2) is 9.38. The highest BCUT2D eigenvalue weighted by Gasteiger charge is 2.13. The number of allylic oxidation sites excluding steroid dienone is 1. The molecule has 5 heterocycles. The van der Waals surface area contributed by atoms with E-state index in [1.807, 2.05) is 49.8 Å². The molecule has 0 unspecified atom stereocenters. The molecule has 7 heteroatoms. The number of rotatable bonds is 6. The van der Waals surface area contributed by atoms with E-state index in [-0.39, 0.29) is 0 Å². The number of aromatic amines is 2. The van der Waals surface area contributed by atoms with Gasteiger partial charge in [0.25, 0.3) is 0 Å². The Labute approximate surface area is 203 Å². The van der Waals surface area contributed by atoms with Crippen molar-refractivity contribution in [3.05, 3.63) is 84.0 Å². The zero-order valence-electron chi connectivity index (χ0n) is 20.0. The highest BCUT2D eigenvalue weighted by molar-refractivity contribution is 5.96. The van der Waals surface area contributed by atoms with Crippen LogP contribution in [0.5, 0.6) is 0 Å². The molecule has 0 saturated carbocycles. The predicted octanol–water partition coefficient (Wildman–Crippen LogP) is 4.52. The Kier molecular flexibility index (Phi) is 5.97. The number of fused-ring (bicyclic) bond motifs is 1. The first-order chi connectivity index (χ1) is 17.0. The van der Waals surface area contributed by atoms with E-state index < -0.39 is 0 Å². The van der Waals surface area contributed by atoms with Gasteiger partial charge in [-0.25, -0.2) is 0 Å². The summed E-state index contributed by atoms with van der Waals surface area (Å²) in [6, 6.07) is 10.4. The molecule has 35 heavy (non-hydrogen) atoms. The first kappa shape index (κ1) is 22.3. The van der Waals surface area contributed by atoms with Crippen molar-refractivity contribution in [1.82, 2.24) is 30.1 Å². The van der Waals surface area contributed by atoms with Crippen molar-refractivity contribution in [3.63, 3.8) is 0 Å². The smallest absolute Gasteiger partial charge is 0.116 e. The Morgan fingerprint density at radius 1 is 1.06 bits per heavy atom. The van der Waals surface area contributed by atoms with Crippen LogP contribution in [0.15, 0.2) is 67.9 Å². The monoisotopic (exact) mass is 461 g/mol. The normalized spacial score (nSPS) is 12.6. The Bertz CT molecular complexity index is 1630. The van der Waals surface area contributed by atoms with E-state index in [1.54, 1.807) is 12.4 Å². The quantitative estimate of drug-likeness (QED) is 0.345. The average molecular weight is 462 g/mol. The van der Waals surface area contributed by atoms with Gasteiger partial charge < -0.3 is 10.3 Å². The molecule has 0 spiro atoms. The molecular formula is C28H27N7. The van der Waals surface area contributed by atoms with Crippen LogP contribution >= 0.6 is 0 Å². The third-order valence-corrected chi connectivity index (χ3v) is 5.74. The largest absolute Gasteiger partial charge is 0.382 e. The summed E-state index contributed by atoms with van der Waals surface area (Å²) in [6.45, 7) is 10.5. The SMILES string of the molecule is C=C(/C=c1/c(-c2cc3c(-c4cccnc4)nccc3[nH]2)n[nH]/c1=C/C)c1cncc(NC(C)C)c1. The minimum absolute atomic E-state index is 0.319. The molecule has 5 aromatic rings. The molecule has 5 rings (SSSR count). The van der Waals surface area contributed by atoms with Gasteiger partial charge in [0.2, 0.25) is 0 Å². The Morgan fingerprint density at radius 2 is 1.94 bits per heavy atom. The number of aromatic nitrogens is 6. The zero-order chi connectivity index (χ0) is 24.4. The fraction of sp³-hybridized carbons (Fsp3) is 0.143. The van der Waals surface area contributed by atoms with Gasteiger partial charge in [0.1, 0.15) is 5.69 Å². The number of nitrogens with one attached hydrogen (secondary N) is 3. The molecular weight excluding hydrogens is 434 g/mol. The number of H-pyrrole nitrogens is 2. The fourth-order valence-electron chi connectivity index (χ4n) is 4.14. The van der Waals surface area contributed by atoms with Crippen LogP contribution in [0.1, 0.15) is 26.3 Å². The number of nitrogens with zero attached hydrogens (tertiary/aromatic N) is 4. The van der Waals surface area contributed by atoms with Gasteiger partial charge in [-0.1, -0.05) is 12.7 Å². The molecule has 0 fully saturated rings. The summed E-state index contributed by atoms with van der Waals surface area (Å²) in [5, 5.41) is 14.1. The molecule has 0 bridgehead atoms. The summed E-state index contributed by atoms with van der Waals surface area (Å²) in [6.07, 6.45) is 13.1. The lowest BCUT2D eigenvalue weighted by Crippen LogP contribution is -2.23. The van der Waals surface area contributed by atoms with Gasteiger partial charge in [0.05, 0.1) is 22.4 Å². The van der Waals surface area contributed by atoms with E-state index in [2.05, 4.69) is 74.1 Å². The average Bonchev–Trinajstić information content (AvgIpc) is 3.48. The fourth-order valence-corrected chi connectivity index (χ4v) is 4.14. The van der Waals surface area contributed by atoms with Crippen molar-refractivity contribution < 1.29 is 0 Å². The maximum absolute atomic E-state index is 4.64. The van der Waals surface area contributed by atoms with E-state index in [0.29, 0.717) is 6.04 Å². The molecule has 5 aromatic heterocycles. The molecule has 0 aliphatic rings. The van der Waals surface area contributed by atoms with Crippen LogP contribution in [0.3, 0.4) is 0 Å². The minimum Gasteiger partial charge on any atom is -0.382 e. The van der Waals surface area contributed by atoms with E-state index in [1.165, 1.54) is 0 Å². The molecule has 174 valence electrons. The standard InChI is InChI=1S/C28H27N7/c1-5-24-22(11-18(4)20-12-21(16-30-15-20)32-17(2)3)28(35-34-24)26-13-23-25(33-26)8-10-31-27(23)19-7-6-9-29-14-19/h5-17,32-34H,4H2,1-3H3/b22-11+,24-5+. The molecule has 0 aromatic carbocycles. The van der Waals surface area contributed by atoms with Crippen molar-refractivity contribution in [2.45, 2.75) is 26.8 Å². The Hall–Kier alpha value is -4.52. The maximum Gasteiger partial charge on any atom is 0.116 e. The summed E-state index contributed by atoms with van der Waals surface area (Å²) in [5.41, 5.74) is 7.32. The second-order valence-electron chi connectivity index (χ2n) is 8.66. The summed E-state index contributed by atoms with van der Waals surface area (Å²) in [4.78, 5) is 16.8. The van der Waals surface area contributed by atoms with Gasteiger partial charge in [-0.3, -0.25) is 20.1 Å². The van der Waals surface area contributed by atoms with Crippen molar-refractivity contribution in [2.24, 2.45) is 0 Å². The van der Waals surface area contributed by atoms with Crippen molar-refractivity contribution >= 4 is 34.3 Å². The van der Waals surface area contributed by atoms with Gasteiger partial charge in [-0.05, 0) is 62.8 Å². The summed E-state index contributed by atoms with van der Waals surface area (Å²) < 4.78 is 0. The van der Waals surface area contributed by atoms with Gasteiger partial charge in [0, 0.05) is 64.3 Å². The molecule has 7 nitrogen and oxygen atoms in total. The second-order valence-corrected chi connectivity index (χ2v) is 8.66. The van der Waals surface area contributed by atoms with Gasteiger partial charge in [-0.15, -0.1) is 0 Å². The maximum atomic E-state index is 4.64.